The average Bonchev–Trinajstić information content (AvgIpc) is 3.16. The van der Waals surface area contributed by atoms with E-state index in [2.05, 4.69) is 25.6 Å². The summed E-state index contributed by atoms with van der Waals surface area (Å²) in [7, 11) is 1.86. The minimum Gasteiger partial charge on any atom is -0.361 e. The van der Waals surface area contributed by atoms with Gasteiger partial charge in [-0.2, -0.15) is 0 Å². The molecule has 0 aliphatic carbocycles. The fourth-order valence-electron chi connectivity index (χ4n) is 2.86. The van der Waals surface area contributed by atoms with Crippen LogP contribution in [-0.2, 0) is 13.6 Å². The number of aryl methyl sites for hydroxylation is 2. The lowest BCUT2D eigenvalue weighted by Gasteiger charge is -2.34. The minimum atomic E-state index is -0.180. The molecule has 0 spiro atoms. The summed E-state index contributed by atoms with van der Waals surface area (Å²) >= 11 is 0. The van der Waals surface area contributed by atoms with Crippen molar-refractivity contribution in [3.05, 3.63) is 29.7 Å². The van der Waals surface area contributed by atoms with Crippen LogP contribution in [0.4, 0.5) is 4.79 Å². The molecule has 0 unspecified atom stereocenters. The zero-order valence-electron chi connectivity index (χ0n) is 14.3. The van der Waals surface area contributed by atoms with Crippen LogP contribution in [0.5, 0.6) is 0 Å². The lowest BCUT2D eigenvalue weighted by atomic mass is 10.2. The SMILES string of the molecule is Cc1cc(CN2CCN(C(=O)N[C@@H](C)c3nncn3C)CC2)no1. The smallest absolute Gasteiger partial charge is 0.318 e. The quantitative estimate of drug-likeness (QED) is 0.885. The predicted octanol–water partition coefficient (Wildman–Crippen LogP) is 0.700. The van der Waals surface area contributed by atoms with Gasteiger partial charge in [0.05, 0.1) is 11.7 Å². The Hall–Kier alpha value is -2.42. The number of hydrogen-bond donors (Lipinski definition) is 1. The minimum absolute atomic E-state index is 0.0672. The molecule has 3 heterocycles. The summed E-state index contributed by atoms with van der Waals surface area (Å²) in [6, 6.07) is 1.70. The van der Waals surface area contributed by atoms with Gasteiger partial charge in [-0.3, -0.25) is 4.90 Å². The van der Waals surface area contributed by atoms with Gasteiger partial charge < -0.3 is 19.3 Å². The van der Waals surface area contributed by atoms with Crippen LogP contribution in [0.3, 0.4) is 0 Å². The van der Waals surface area contributed by atoms with Gasteiger partial charge in [0.15, 0.2) is 5.82 Å². The Kier molecular flexibility index (Phi) is 4.79. The Bertz CT molecular complexity index is 688. The summed E-state index contributed by atoms with van der Waals surface area (Å²) in [5.74, 6) is 1.56. The second-order valence-corrected chi connectivity index (χ2v) is 6.16. The van der Waals surface area contributed by atoms with Crippen molar-refractivity contribution < 1.29 is 9.32 Å². The Morgan fingerprint density at radius 3 is 2.71 bits per heavy atom. The Balaban J connectivity index is 1.47. The first-order chi connectivity index (χ1) is 11.5. The summed E-state index contributed by atoms with van der Waals surface area (Å²) in [6.45, 7) is 7.56. The van der Waals surface area contributed by atoms with Crippen molar-refractivity contribution >= 4 is 6.03 Å². The molecule has 1 atom stereocenters. The molecule has 1 fully saturated rings. The normalized spacial score (nSPS) is 17.0. The molecular formula is C15H23N7O2. The lowest BCUT2D eigenvalue weighted by Crippen LogP contribution is -2.51. The highest BCUT2D eigenvalue weighted by atomic mass is 16.5. The van der Waals surface area contributed by atoms with Crippen molar-refractivity contribution in [3.8, 4) is 0 Å². The second kappa shape index (κ2) is 7.00. The van der Waals surface area contributed by atoms with E-state index in [0.29, 0.717) is 13.1 Å². The van der Waals surface area contributed by atoms with E-state index in [-0.39, 0.29) is 12.1 Å². The summed E-state index contributed by atoms with van der Waals surface area (Å²) < 4.78 is 6.90. The van der Waals surface area contributed by atoms with Gasteiger partial charge in [0.25, 0.3) is 0 Å². The van der Waals surface area contributed by atoms with E-state index in [9.17, 15) is 4.79 Å². The van der Waals surface area contributed by atoms with Crippen LogP contribution in [0.1, 0.15) is 30.2 Å². The van der Waals surface area contributed by atoms with Crippen LogP contribution in [-0.4, -0.2) is 61.9 Å². The molecule has 24 heavy (non-hydrogen) atoms. The summed E-state index contributed by atoms with van der Waals surface area (Å²) in [6.07, 6.45) is 1.63. The molecule has 2 amide bonds. The molecule has 9 nitrogen and oxygen atoms in total. The Morgan fingerprint density at radius 2 is 2.12 bits per heavy atom. The van der Waals surface area contributed by atoms with Gasteiger partial charge in [0.2, 0.25) is 0 Å². The molecular weight excluding hydrogens is 310 g/mol. The average molecular weight is 333 g/mol. The number of urea groups is 1. The van der Waals surface area contributed by atoms with Gasteiger partial charge in [0.1, 0.15) is 12.1 Å². The van der Waals surface area contributed by atoms with E-state index >= 15 is 0 Å². The number of aromatic nitrogens is 4. The summed E-state index contributed by atoms with van der Waals surface area (Å²) in [5.41, 5.74) is 0.932. The molecule has 0 radical (unpaired) electrons. The fraction of sp³-hybridized carbons (Fsp3) is 0.600. The third-order valence-electron chi connectivity index (χ3n) is 4.20. The first-order valence-corrected chi connectivity index (χ1v) is 8.07. The highest BCUT2D eigenvalue weighted by Gasteiger charge is 2.24. The molecule has 130 valence electrons. The van der Waals surface area contributed by atoms with E-state index in [0.717, 1.165) is 36.9 Å². The van der Waals surface area contributed by atoms with Crippen molar-refractivity contribution in [1.29, 1.82) is 0 Å². The maximum atomic E-state index is 12.4. The van der Waals surface area contributed by atoms with E-state index < -0.39 is 0 Å². The molecule has 0 bridgehead atoms. The molecule has 1 aliphatic heterocycles. The second-order valence-electron chi connectivity index (χ2n) is 6.16. The van der Waals surface area contributed by atoms with Crippen LogP contribution in [0.25, 0.3) is 0 Å². The van der Waals surface area contributed by atoms with Gasteiger partial charge in [-0.25, -0.2) is 4.79 Å². The molecule has 1 aliphatic rings. The Morgan fingerprint density at radius 1 is 1.38 bits per heavy atom. The van der Waals surface area contributed by atoms with Crippen molar-refractivity contribution in [2.45, 2.75) is 26.4 Å². The number of nitrogens with zero attached hydrogens (tertiary/aromatic N) is 6. The third kappa shape index (κ3) is 3.73. The summed E-state index contributed by atoms with van der Waals surface area (Å²) in [4.78, 5) is 16.5. The first-order valence-electron chi connectivity index (χ1n) is 8.07. The molecule has 1 N–H and O–H groups in total. The molecule has 3 rings (SSSR count). The molecule has 1 saturated heterocycles. The lowest BCUT2D eigenvalue weighted by molar-refractivity contribution is 0.131. The maximum absolute atomic E-state index is 12.4. The number of piperazine rings is 1. The summed E-state index contributed by atoms with van der Waals surface area (Å²) in [5, 5.41) is 14.9. The number of hydrogen-bond acceptors (Lipinski definition) is 6. The van der Waals surface area contributed by atoms with Crippen LogP contribution in [0.2, 0.25) is 0 Å². The van der Waals surface area contributed by atoms with Crippen LogP contribution >= 0.6 is 0 Å². The van der Waals surface area contributed by atoms with Crippen LogP contribution < -0.4 is 5.32 Å². The number of nitrogens with one attached hydrogen (secondary N) is 1. The molecule has 2 aromatic heterocycles. The van der Waals surface area contributed by atoms with Crippen LogP contribution in [0.15, 0.2) is 16.9 Å². The number of amides is 2. The molecule has 9 heteroatoms. The van der Waals surface area contributed by atoms with Gasteiger partial charge in [-0.1, -0.05) is 5.16 Å². The fourth-order valence-corrected chi connectivity index (χ4v) is 2.86. The van der Waals surface area contributed by atoms with Gasteiger partial charge in [0, 0.05) is 45.8 Å². The molecule has 0 saturated carbocycles. The van der Waals surface area contributed by atoms with Crippen molar-refractivity contribution in [1.82, 2.24) is 35.0 Å². The Labute approximate surface area is 140 Å². The highest BCUT2D eigenvalue weighted by Crippen LogP contribution is 2.11. The van der Waals surface area contributed by atoms with E-state index in [1.165, 1.54) is 0 Å². The van der Waals surface area contributed by atoms with Crippen molar-refractivity contribution in [2.75, 3.05) is 26.2 Å². The standard InChI is InChI=1S/C15H23N7O2/c1-11-8-13(19-24-11)9-21-4-6-22(7-5-21)15(23)17-12(2)14-18-16-10-20(14)3/h8,10,12H,4-7,9H2,1-3H3,(H,17,23)/t12-/m0/s1. The van der Waals surface area contributed by atoms with Crippen molar-refractivity contribution in [2.24, 2.45) is 7.05 Å². The van der Waals surface area contributed by atoms with E-state index in [1.807, 2.05) is 36.4 Å². The zero-order valence-corrected chi connectivity index (χ0v) is 14.3. The maximum Gasteiger partial charge on any atom is 0.318 e. The first kappa shape index (κ1) is 16.4. The highest BCUT2D eigenvalue weighted by molar-refractivity contribution is 5.74. The van der Waals surface area contributed by atoms with E-state index in [1.54, 1.807) is 6.33 Å². The topological polar surface area (TPSA) is 92.3 Å². The van der Waals surface area contributed by atoms with Crippen molar-refractivity contribution in [3.63, 3.8) is 0 Å². The van der Waals surface area contributed by atoms with Gasteiger partial charge in [-0.15, -0.1) is 10.2 Å². The van der Waals surface area contributed by atoms with Crippen LogP contribution in [0, 0.1) is 6.92 Å². The number of carbonyl (C=O) groups excluding carboxylic acids is 1. The van der Waals surface area contributed by atoms with Gasteiger partial charge in [-0.05, 0) is 13.8 Å². The van der Waals surface area contributed by atoms with E-state index in [4.69, 9.17) is 4.52 Å². The number of carbonyl (C=O) groups is 1. The number of rotatable bonds is 4. The predicted molar refractivity (Wildman–Crippen MR) is 86.0 cm³/mol. The largest absolute Gasteiger partial charge is 0.361 e. The molecule has 2 aromatic rings. The molecule has 0 aromatic carbocycles. The monoisotopic (exact) mass is 333 g/mol. The van der Waals surface area contributed by atoms with Gasteiger partial charge >= 0.3 is 6.03 Å². The zero-order chi connectivity index (χ0) is 17.1. The third-order valence-corrected chi connectivity index (χ3v) is 4.20.